The molecule has 106 valence electrons. The Morgan fingerprint density at radius 2 is 2.05 bits per heavy atom. The second kappa shape index (κ2) is 7.19. The van der Waals surface area contributed by atoms with E-state index in [1.165, 1.54) is 12.1 Å². The fourth-order valence-corrected chi connectivity index (χ4v) is 1.71. The molecule has 0 saturated carbocycles. The topological polar surface area (TPSA) is 49.3 Å². The van der Waals surface area contributed by atoms with E-state index in [2.05, 4.69) is 5.32 Å². The van der Waals surface area contributed by atoms with Crippen LogP contribution in [0, 0.1) is 17.6 Å². The van der Waals surface area contributed by atoms with Gasteiger partial charge in [0.05, 0.1) is 0 Å². The van der Waals surface area contributed by atoms with E-state index in [4.69, 9.17) is 5.11 Å². The van der Waals surface area contributed by atoms with E-state index in [0.717, 1.165) is 6.07 Å². The number of hydrogen-bond acceptors (Lipinski definition) is 2. The number of carbonyl (C=O) groups excluding carboxylic acids is 1. The predicted molar refractivity (Wildman–Crippen MR) is 68.6 cm³/mol. The lowest BCUT2D eigenvalue weighted by Gasteiger charge is -2.14. The summed E-state index contributed by atoms with van der Waals surface area (Å²) < 4.78 is 26.3. The summed E-state index contributed by atoms with van der Waals surface area (Å²) in [7, 11) is 0. The SMILES string of the molecule is CC(CO)CNC(=O)CC(C)c1ccc(F)cc1F. The van der Waals surface area contributed by atoms with Crippen LogP contribution < -0.4 is 5.32 Å². The number of amides is 1. The molecule has 0 aliphatic rings. The second-order valence-electron chi connectivity index (χ2n) is 4.86. The maximum Gasteiger partial charge on any atom is 0.220 e. The Balaban J connectivity index is 2.54. The quantitative estimate of drug-likeness (QED) is 0.833. The molecule has 2 unspecified atom stereocenters. The normalized spacial score (nSPS) is 13.9. The van der Waals surface area contributed by atoms with E-state index in [0.29, 0.717) is 12.1 Å². The molecule has 0 saturated heterocycles. The molecule has 3 nitrogen and oxygen atoms in total. The van der Waals surface area contributed by atoms with Crippen LogP contribution in [0.4, 0.5) is 8.78 Å². The molecule has 1 rings (SSSR count). The minimum Gasteiger partial charge on any atom is -0.396 e. The first-order valence-electron chi connectivity index (χ1n) is 6.26. The van der Waals surface area contributed by atoms with Gasteiger partial charge < -0.3 is 10.4 Å². The number of rotatable bonds is 6. The van der Waals surface area contributed by atoms with E-state index in [-0.39, 0.29) is 30.8 Å². The molecule has 0 fully saturated rings. The third kappa shape index (κ3) is 4.95. The number of nitrogens with one attached hydrogen (secondary N) is 1. The Labute approximate surface area is 111 Å². The molecule has 0 aliphatic heterocycles. The van der Waals surface area contributed by atoms with Gasteiger partial charge in [-0.05, 0) is 23.5 Å². The van der Waals surface area contributed by atoms with Crippen molar-refractivity contribution in [2.24, 2.45) is 5.92 Å². The Kier molecular flexibility index (Phi) is 5.89. The van der Waals surface area contributed by atoms with Gasteiger partial charge in [-0.15, -0.1) is 0 Å². The van der Waals surface area contributed by atoms with Crippen molar-refractivity contribution in [2.45, 2.75) is 26.2 Å². The van der Waals surface area contributed by atoms with Crippen LogP contribution in [0.25, 0.3) is 0 Å². The number of carbonyl (C=O) groups is 1. The lowest BCUT2D eigenvalue weighted by atomic mass is 9.97. The summed E-state index contributed by atoms with van der Waals surface area (Å²) >= 11 is 0. The van der Waals surface area contributed by atoms with Crippen LogP contribution in [0.2, 0.25) is 0 Å². The average Bonchev–Trinajstić information content (AvgIpc) is 2.35. The zero-order valence-corrected chi connectivity index (χ0v) is 11.1. The number of hydrogen-bond donors (Lipinski definition) is 2. The number of aliphatic hydroxyl groups is 1. The molecule has 0 heterocycles. The molecule has 0 spiro atoms. The van der Waals surface area contributed by atoms with Gasteiger partial charge in [-0.2, -0.15) is 0 Å². The summed E-state index contributed by atoms with van der Waals surface area (Å²) in [5, 5.41) is 11.5. The highest BCUT2D eigenvalue weighted by molar-refractivity contribution is 5.76. The van der Waals surface area contributed by atoms with Crippen molar-refractivity contribution in [1.29, 1.82) is 0 Å². The molecular weight excluding hydrogens is 252 g/mol. The third-order valence-corrected chi connectivity index (χ3v) is 2.94. The van der Waals surface area contributed by atoms with E-state index < -0.39 is 11.6 Å². The van der Waals surface area contributed by atoms with E-state index in [1.807, 2.05) is 6.92 Å². The summed E-state index contributed by atoms with van der Waals surface area (Å²) in [6.45, 7) is 3.91. The lowest BCUT2D eigenvalue weighted by molar-refractivity contribution is -0.121. The van der Waals surface area contributed by atoms with Crippen LogP contribution in [0.3, 0.4) is 0 Å². The molecule has 2 N–H and O–H groups in total. The molecule has 0 bridgehead atoms. The van der Waals surface area contributed by atoms with Gasteiger partial charge in [0.2, 0.25) is 5.91 Å². The first-order chi connectivity index (χ1) is 8.93. The summed E-state index contributed by atoms with van der Waals surface area (Å²) in [6.07, 6.45) is 0.126. The van der Waals surface area contributed by atoms with Gasteiger partial charge in [0.25, 0.3) is 0 Å². The molecule has 2 atom stereocenters. The fraction of sp³-hybridized carbons (Fsp3) is 0.500. The van der Waals surface area contributed by atoms with Crippen LogP contribution in [-0.4, -0.2) is 24.2 Å². The van der Waals surface area contributed by atoms with Crippen molar-refractivity contribution in [3.8, 4) is 0 Å². The van der Waals surface area contributed by atoms with E-state index in [9.17, 15) is 13.6 Å². The van der Waals surface area contributed by atoms with Gasteiger partial charge in [-0.25, -0.2) is 8.78 Å². The summed E-state index contributed by atoms with van der Waals surface area (Å²) in [5.74, 6) is -1.82. The van der Waals surface area contributed by atoms with Crippen molar-refractivity contribution in [3.05, 3.63) is 35.4 Å². The molecule has 1 aromatic rings. The Morgan fingerprint density at radius 1 is 1.37 bits per heavy atom. The minimum absolute atomic E-state index is 0.00240. The average molecular weight is 271 g/mol. The predicted octanol–water partition coefficient (Wildman–Crippen LogP) is 2.20. The zero-order chi connectivity index (χ0) is 14.4. The molecule has 0 aromatic heterocycles. The first kappa shape index (κ1) is 15.6. The summed E-state index contributed by atoms with van der Waals surface area (Å²) in [6, 6.07) is 3.36. The highest BCUT2D eigenvalue weighted by Crippen LogP contribution is 2.22. The van der Waals surface area contributed by atoms with Crippen molar-refractivity contribution >= 4 is 5.91 Å². The Morgan fingerprint density at radius 3 is 2.63 bits per heavy atom. The largest absolute Gasteiger partial charge is 0.396 e. The van der Waals surface area contributed by atoms with E-state index >= 15 is 0 Å². The molecular formula is C14H19F2NO2. The van der Waals surface area contributed by atoms with Crippen molar-refractivity contribution in [1.82, 2.24) is 5.32 Å². The van der Waals surface area contributed by atoms with Crippen molar-refractivity contribution in [3.63, 3.8) is 0 Å². The lowest BCUT2D eigenvalue weighted by Crippen LogP contribution is -2.30. The third-order valence-electron chi connectivity index (χ3n) is 2.94. The molecule has 0 aliphatic carbocycles. The van der Waals surface area contributed by atoms with Crippen LogP contribution >= 0.6 is 0 Å². The maximum atomic E-state index is 13.5. The van der Waals surface area contributed by atoms with Crippen LogP contribution in [-0.2, 0) is 4.79 Å². The monoisotopic (exact) mass is 271 g/mol. The number of aliphatic hydroxyl groups excluding tert-OH is 1. The highest BCUT2D eigenvalue weighted by Gasteiger charge is 2.15. The summed E-state index contributed by atoms with van der Waals surface area (Å²) in [4.78, 5) is 11.6. The molecule has 0 radical (unpaired) electrons. The van der Waals surface area contributed by atoms with Gasteiger partial charge in [0, 0.05) is 25.6 Å². The zero-order valence-electron chi connectivity index (χ0n) is 11.1. The van der Waals surface area contributed by atoms with Crippen LogP contribution in [0.1, 0.15) is 31.7 Å². The molecule has 19 heavy (non-hydrogen) atoms. The Bertz CT molecular complexity index is 437. The minimum atomic E-state index is -0.635. The first-order valence-corrected chi connectivity index (χ1v) is 6.26. The Hall–Kier alpha value is -1.49. The van der Waals surface area contributed by atoms with E-state index in [1.54, 1.807) is 6.92 Å². The fourth-order valence-electron chi connectivity index (χ4n) is 1.71. The van der Waals surface area contributed by atoms with Crippen LogP contribution in [0.5, 0.6) is 0 Å². The summed E-state index contributed by atoms with van der Waals surface area (Å²) in [5.41, 5.74) is 0.326. The second-order valence-corrected chi connectivity index (χ2v) is 4.86. The van der Waals surface area contributed by atoms with Crippen molar-refractivity contribution in [2.75, 3.05) is 13.2 Å². The van der Waals surface area contributed by atoms with Gasteiger partial charge >= 0.3 is 0 Å². The van der Waals surface area contributed by atoms with Gasteiger partial charge in [0.1, 0.15) is 11.6 Å². The molecule has 1 aromatic carbocycles. The maximum absolute atomic E-state index is 13.5. The molecule has 5 heteroatoms. The standard InChI is InChI=1S/C14H19F2NO2/c1-9(8-18)7-17-14(19)5-10(2)12-4-3-11(15)6-13(12)16/h3-4,6,9-10,18H,5,7-8H2,1-2H3,(H,17,19). The van der Waals surface area contributed by atoms with Crippen molar-refractivity contribution < 1.29 is 18.7 Å². The number of halogens is 2. The van der Waals surface area contributed by atoms with Gasteiger partial charge in [-0.3, -0.25) is 4.79 Å². The van der Waals surface area contributed by atoms with Crippen LogP contribution in [0.15, 0.2) is 18.2 Å². The van der Waals surface area contributed by atoms with Gasteiger partial charge in [0.15, 0.2) is 0 Å². The molecule has 1 amide bonds. The van der Waals surface area contributed by atoms with Gasteiger partial charge in [-0.1, -0.05) is 19.9 Å². The highest BCUT2D eigenvalue weighted by atomic mass is 19.1. The number of benzene rings is 1. The smallest absolute Gasteiger partial charge is 0.220 e.